The molecule has 0 radical (unpaired) electrons. The predicted octanol–water partition coefficient (Wildman–Crippen LogP) is 8.49. The number of hydrogen-bond donors (Lipinski definition) is 0. The van der Waals surface area contributed by atoms with Crippen molar-refractivity contribution in [3.8, 4) is 0 Å². The van der Waals surface area contributed by atoms with Gasteiger partial charge in [0.05, 0.1) is 46.8 Å². The van der Waals surface area contributed by atoms with Crippen molar-refractivity contribution in [2.45, 2.75) is 105 Å². The standard InChI is InChI=1S/C26H50O6P2Si/c1-8-13-14-15-16-17-20-35(6,7)26-21-24(22-33(27,29-9-2)30-10-3)18-19-25(26)23-34(28,31-11-4)32-12-5/h18-19,21H,8-17,20,22-23H2,1-7H3. The van der Waals surface area contributed by atoms with Gasteiger partial charge in [-0.05, 0) is 38.8 Å². The molecule has 9 heteroatoms. The topological polar surface area (TPSA) is 71.1 Å². The maximum Gasteiger partial charge on any atom is 0.335 e. The lowest BCUT2D eigenvalue weighted by molar-refractivity contribution is 0.218. The number of benzene rings is 1. The van der Waals surface area contributed by atoms with Gasteiger partial charge in [-0.1, -0.05) is 88.0 Å². The fourth-order valence-corrected chi connectivity index (χ4v) is 11.0. The Balaban J connectivity index is 3.28. The molecule has 0 aliphatic rings. The van der Waals surface area contributed by atoms with Crippen LogP contribution in [0.4, 0.5) is 0 Å². The highest BCUT2D eigenvalue weighted by Crippen LogP contribution is 2.53. The summed E-state index contributed by atoms with van der Waals surface area (Å²) in [6.07, 6.45) is 8.06. The molecule has 0 N–H and O–H groups in total. The largest absolute Gasteiger partial charge is 0.335 e. The first-order valence-electron chi connectivity index (χ1n) is 13.5. The predicted molar refractivity (Wildman–Crippen MR) is 151 cm³/mol. The second-order valence-corrected chi connectivity index (χ2v) is 18.5. The van der Waals surface area contributed by atoms with Crippen molar-refractivity contribution in [1.82, 2.24) is 0 Å². The molecule has 1 rings (SSSR count). The molecular weight excluding hydrogens is 498 g/mol. The molecule has 0 unspecified atom stereocenters. The van der Waals surface area contributed by atoms with Gasteiger partial charge in [-0.15, -0.1) is 0 Å². The molecule has 0 atom stereocenters. The first-order chi connectivity index (χ1) is 16.6. The molecular formula is C26H50O6P2Si. The van der Waals surface area contributed by atoms with E-state index in [0.29, 0.717) is 26.4 Å². The van der Waals surface area contributed by atoms with E-state index in [9.17, 15) is 9.13 Å². The Labute approximate surface area is 215 Å². The minimum absolute atomic E-state index is 0.234. The zero-order valence-corrected chi connectivity index (χ0v) is 26.1. The summed E-state index contributed by atoms with van der Waals surface area (Å²) in [6.45, 7) is 15.7. The molecule has 1 aromatic carbocycles. The monoisotopic (exact) mass is 548 g/mol. The average molecular weight is 549 g/mol. The van der Waals surface area contributed by atoms with Crippen LogP contribution in [0, 0.1) is 0 Å². The van der Waals surface area contributed by atoms with E-state index >= 15 is 0 Å². The van der Waals surface area contributed by atoms with Crippen molar-refractivity contribution in [3.63, 3.8) is 0 Å². The molecule has 1 aromatic rings. The molecule has 0 aliphatic carbocycles. The quantitative estimate of drug-likeness (QED) is 0.0924. The average Bonchev–Trinajstić information content (AvgIpc) is 2.77. The minimum Gasteiger partial charge on any atom is -0.309 e. The van der Waals surface area contributed by atoms with Gasteiger partial charge in [-0.3, -0.25) is 9.13 Å². The van der Waals surface area contributed by atoms with Crippen LogP contribution in [-0.2, 0) is 39.5 Å². The van der Waals surface area contributed by atoms with Crippen molar-refractivity contribution in [2.24, 2.45) is 0 Å². The van der Waals surface area contributed by atoms with Crippen LogP contribution < -0.4 is 5.19 Å². The summed E-state index contributed by atoms with van der Waals surface area (Å²) in [6, 6.07) is 7.29. The van der Waals surface area contributed by atoms with Gasteiger partial charge in [0.2, 0.25) is 0 Å². The van der Waals surface area contributed by atoms with Crippen LogP contribution in [0.3, 0.4) is 0 Å². The summed E-state index contributed by atoms with van der Waals surface area (Å²) in [5, 5.41) is 1.24. The Morgan fingerprint density at radius 3 is 1.69 bits per heavy atom. The maximum absolute atomic E-state index is 13.4. The third kappa shape index (κ3) is 11.8. The Morgan fingerprint density at radius 1 is 0.686 bits per heavy atom. The molecule has 0 heterocycles. The molecule has 0 bridgehead atoms. The first-order valence-corrected chi connectivity index (χ1v) is 20.1. The lowest BCUT2D eigenvalue weighted by Gasteiger charge is -2.28. The molecule has 6 nitrogen and oxygen atoms in total. The van der Waals surface area contributed by atoms with Gasteiger partial charge in [0.25, 0.3) is 0 Å². The highest BCUT2D eigenvalue weighted by atomic mass is 31.2. The van der Waals surface area contributed by atoms with E-state index < -0.39 is 23.3 Å². The van der Waals surface area contributed by atoms with Crippen molar-refractivity contribution in [1.29, 1.82) is 0 Å². The molecule has 0 aromatic heterocycles. The van der Waals surface area contributed by atoms with E-state index in [4.69, 9.17) is 18.1 Å². The van der Waals surface area contributed by atoms with Crippen molar-refractivity contribution in [3.05, 3.63) is 29.3 Å². The van der Waals surface area contributed by atoms with Gasteiger partial charge < -0.3 is 18.1 Å². The number of unbranched alkanes of at least 4 members (excludes halogenated alkanes) is 5. The lowest BCUT2D eigenvalue weighted by atomic mass is 10.1. The second kappa shape index (κ2) is 16.6. The highest BCUT2D eigenvalue weighted by molar-refractivity contribution is 7.53. The van der Waals surface area contributed by atoms with Gasteiger partial charge in [-0.2, -0.15) is 0 Å². The van der Waals surface area contributed by atoms with E-state index in [1.807, 2.05) is 39.8 Å². The molecule has 0 aliphatic heterocycles. The number of hydrogen-bond acceptors (Lipinski definition) is 6. The summed E-state index contributed by atoms with van der Waals surface area (Å²) < 4.78 is 48.9. The van der Waals surface area contributed by atoms with Gasteiger partial charge in [-0.25, -0.2) is 0 Å². The van der Waals surface area contributed by atoms with E-state index in [1.165, 1.54) is 43.7 Å². The molecule has 0 amide bonds. The van der Waals surface area contributed by atoms with Crippen LogP contribution >= 0.6 is 15.2 Å². The molecule has 0 saturated carbocycles. The summed E-state index contributed by atoms with van der Waals surface area (Å²) >= 11 is 0. The van der Waals surface area contributed by atoms with Gasteiger partial charge in [0, 0.05) is 0 Å². The Morgan fingerprint density at radius 2 is 1.17 bits per heavy atom. The van der Waals surface area contributed by atoms with Crippen molar-refractivity contribution in [2.75, 3.05) is 26.4 Å². The summed E-state index contributed by atoms with van der Waals surface area (Å²) in [7, 11) is -8.34. The van der Waals surface area contributed by atoms with Crippen LogP contribution in [0.25, 0.3) is 0 Å². The third-order valence-corrected chi connectivity index (χ3v) is 13.7. The Hall–Kier alpha value is -0.263. The number of rotatable bonds is 20. The summed E-state index contributed by atoms with van der Waals surface area (Å²) in [5.41, 5.74) is 1.95. The van der Waals surface area contributed by atoms with Crippen molar-refractivity contribution >= 4 is 28.5 Å². The van der Waals surface area contributed by atoms with Gasteiger partial charge in [0.15, 0.2) is 0 Å². The first kappa shape index (κ1) is 32.8. The smallest absolute Gasteiger partial charge is 0.309 e. The SMILES string of the molecule is CCCCCCCC[Si](C)(C)c1cc(CP(=O)(OCC)OCC)ccc1CP(=O)(OCC)OCC. The summed E-state index contributed by atoms with van der Waals surface area (Å²) in [5.74, 6) is 0. The van der Waals surface area contributed by atoms with Crippen LogP contribution in [0.1, 0.15) is 84.3 Å². The second-order valence-electron chi connectivity index (χ2n) is 9.60. The van der Waals surface area contributed by atoms with Gasteiger partial charge in [0.1, 0.15) is 0 Å². The van der Waals surface area contributed by atoms with Crippen LogP contribution in [0.15, 0.2) is 18.2 Å². The van der Waals surface area contributed by atoms with E-state index in [-0.39, 0.29) is 12.3 Å². The normalized spacial score (nSPS) is 12.9. The minimum atomic E-state index is -3.24. The van der Waals surface area contributed by atoms with Crippen LogP contribution in [0.5, 0.6) is 0 Å². The Kier molecular flexibility index (Phi) is 15.5. The third-order valence-electron chi connectivity index (χ3n) is 6.10. The van der Waals surface area contributed by atoms with Gasteiger partial charge >= 0.3 is 15.2 Å². The van der Waals surface area contributed by atoms with Crippen LogP contribution in [-0.4, -0.2) is 34.5 Å². The molecule has 35 heavy (non-hydrogen) atoms. The van der Waals surface area contributed by atoms with Crippen LogP contribution in [0.2, 0.25) is 19.1 Å². The molecule has 0 fully saturated rings. The summed E-state index contributed by atoms with van der Waals surface area (Å²) in [4.78, 5) is 0. The van der Waals surface area contributed by atoms with E-state index in [0.717, 1.165) is 17.2 Å². The molecule has 0 saturated heterocycles. The fraction of sp³-hybridized carbons (Fsp3) is 0.769. The molecule has 204 valence electrons. The van der Waals surface area contributed by atoms with Crippen molar-refractivity contribution < 1.29 is 27.2 Å². The van der Waals surface area contributed by atoms with E-state index in [1.54, 1.807) is 0 Å². The van der Waals surface area contributed by atoms with E-state index in [2.05, 4.69) is 26.1 Å². The Bertz CT molecular complexity index is 810. The zero-order chi connectivity index (χ0) is 26.4. The maximum atomic E-state index is 13.4. The lowest BCUT2D eigenvalue weighted by Crippen LogP contribution is -2.43. The highest BCUT2D eigenvalue weighted by Gasteiger charge is 2.32. The fourth-order valence-electron chi connectivity index (χ4n) is 4.45. The molecule has 0 spiro atoms. The zero-order valence-electron chi connectivity index (χ0n) is 23.3.